The number of hydrogen-bond acceptors (Lipinski definition) is 2. The van der Waals surface area contributed by atoms with E-state index in [2.05, 4.69) is 6.92 Å². The second-order valence-corrected chi connectivity index (χ2v) is 3.90. The topological polar surface area (TPSA) is 30.2 Å². The summed E-state index contributed by atoms with van der Waals surface area (Å²) in [6.45, 7) is 7.70. The van der Waals surface area contributed by atoms with Crippen molar-refractivity contribution in [1.82, 2.24) is 0 Å². The molecule has 0 spiro atoms. The molecule has 0 aromatic carbocycles. The van der Waals surface area contributed by atoms with E-state index < -0.39 is 0 Å². The quantitative estimate of drug-likeness (QED) is 0.735. The van der Waals surface area contributed by atoms with Gasteiger partial charge in [-0.2, -0.15) is 0 Å². The first-order chi connectivity index (χ1) is 6.54. The SMILES string of the molecule is CCC(CC(C)=O)c1cc(C)c(C)o1. The molecule has 0 saturated carbocycles. The molecule has 0 amide bonds. The third-order valence-electron chi connectivity index (χ3n) is 2.61. The van der Waals surface area contributed by atoms with Gasteiger partial charge in [0, 0.05) is 12.3 Å². The molecule has 0 aliphatic rings. The van der Waals surface area contributed by atoms with Crippen molar-refractivity contribution in [3.05, 3.63) is 23.2 Å². The monoisotopic (exact) mass is 194 g/mol. The number of rotatable bonds is 4. The Balaban J connectivity index is 2.83. The first-order valence-corrected chi connectivity index (χ1v) is 5.11. The summed E-state index contributed by atoms with van der Waals surface area (Å²) >= 11 is 0. The average molecular weight is 194 g/mol. The maximum Gasteiger partial charge on any atom is 0.130 e. The summed E-state index contributed by atoms with van der Waals surface area (Å²) < 4.78 is 5.62. The molecular formula is C12H18O2. The second-order valence-electron chi connectivity index (χ2n) is 3.90. The van der Waals surface area contributed by atoms with Crippen LogP contribution in [0.25, 0.3) is 0 Å². The summed E-state index contributed by atoms with van der Waals surface area (Å²) in [5.74, 6) is 2.39. The summed E-state index contributed by atoms with van der Waals surface area (Å²) in [7, 11) is 0. The first kappa shape index (κ1) is 11.0. The van der Waals surface area contributed by atoms with Gasteiger partial charge in [-0.1, -0.05) is 6.92 Å². The number of aryl methyl sites for hydroxylation is 2. The summed E-state index contributed by atoms with van der Waals surface area (Å²) in [5, 5.41) is 0. The molecule has 14 heavy (non-hydrogen) atoms. The van der Waals surface area contributed by atoms with Crippen LogP contribution in [-0.4, -0.2) is 5.78 Å². The van der Waals surface area contributed by atoms with Gasteiger partial charge >= 0.3 is 0 Å². The smallest absolute Gasteiger partial charge is 0.130 e. The van der Waals surface area contributed by atoms with Crippen LogP contribution >= 0.6 is 0 Å². The largest absolute Gasteiger partial charge is 0.466 e. The van der Waals surface area contributed by atoms with Crippen molar-refractivity contribution in [2.75, 3.05) is 0 Å². The molecule has 0 N–H and O–H groups in total. The molecule has 1 rings (SSSR count). The predicted molar refractivity (Wildman–Crippen MR) is 56.5 cm³/mol. The van der Waals surface area contributed by atoms with Crippen molar-refractivity contribution in [2.45, 2.75) is 46.5 Å². The van der Waals surface area contributed by atoms with E-state index >= 15 is 0 Å². The summed E-state index contributed by atoms with van der Waals surface area (Å²) in [4.78, 5) is 11.0. The lowest BCUT2D eigenvalue weighted by atomic mass is 9.97. The van der Waals surface area contributed by atoms with Gasteiger partial charge in [0.15, 0.2) is 0 Å². The Morgan fingerprint density at radius 1 is 1.50 bits per heavy atom. The van der Waals surface area contributed by atoms with Gasteiger partial charge in [0.2, 0.25) is 0 Å². The maximum absolute atomic E-state index is 11.0. The van der Waals surface area contributed by atoms with Crippen molar-refractivity contribution >= 4 is 5.78 Å². The van der Waals surface area contributed by atoms with Gasteiger partial charge in [0.05, 0.1) is 0 Å². The highest BCUT2D eigenvalue weighted by Crippen LogP contribution is 2.27. The lowest BCUT2D eigenvalue weighted by Gasteiger charge is -2.08. The minimum absolute atomic E-state index is 0.226. The molecule has 1 unspecified atom stereocenters. The predicted octanol–water partition coefficient (Wildman–Crippen LogP) is 3.37. The highest BCUT2D eigenvalue weighted by Gasteiger charge is 2.16. The Hall–Kier alpha value is -1.05. The van der Waals surface area contributed by atoms with Crippen molar-refractivity contribution < 1.29 is 9.21 Å². The standard InChI is InChI=1S/C12H18O2/c1-5-11(7-9(3)13)12-6-8(2)10(4)14-12/h6,11H,5,7H2,1-4H3. The Kier molecular flexibility index (Phi) is 3.50. The number of ketones is 1. The van der Waals surface area contributed by atoms with Crippen molar-refractivity contribution in [1.29, 1.82) is 0 Å². The molecule has 1 atom stereocenters. The van der Waals surface area contributed by atoms with Crippen LogP contribution in [0.15, 0.2) is 10.5 Å². The third-order valence-corrected chi connectivity index (χ3v) is 2.61. The van der Waals surface area contributed by atoms with E-state index in [-0.39, 0.29) is 11.7 Å². The molecule has 78 valence electrons. The van der Waals surface area contributed by atoms with Gasteiger partial charge in [-0.3, -0.25) is 0 Å². The average Bonchev–Trinajstić information content (AvgIpc) is 2.42. The molecule has 0 saturated heterocycles. The number of carbonyl (C=O) groups is 1. The number of furan rings is 1. The molecule has 2 heteroatoms. The normalized spacial score (nSPS) is 12.9. The molecule has 0 fully saturated rings. The highest BCUT2D eigenvalue weighted by atomic mass is 16.3. The minimum Gasteiger partial charge on any atom is -0.466 e. The Morgan fingerprint density at radius 2 is 2.14 bits per heavy atom. The van der Waals surface area contributed by atoms with E-state index in [0.717, 1.165) is 17.9 Å². The summed E-state index contributed by atoms with van der Waals surface area (Å²) in [6.07, 6.45) is 1.54. The Bertz CT molecular complexity index is 304. The van der Waals surface area contributed by atoms with Crippen LogP contribution < -0.4 is 0 Å². The molecular weight excluding hydrogens is 176 g/mol. The molecule has 0 aliphatic heterocycles. The molecule has 0 radical (unpaired) electrons. The Labute approximate surface area is 85.3 Å². The zero-order valence-electron chi connectivity index (χ0n) is 9.39. The van der Waals surface area contributed by atoms with Crippen LogP contribution in [0.3, 0.4) is 0 Å². The molecule has 0 aliphatic carbocycles. The van der Waals surface area contributed by atoms with Gasteiger partial charge in [-0.25, -0.2) is 0 Å². The van der Waals surface area contributed by atoms with E-state index in [1.807, 2.05) is 19.9 Å². The van der Waals surface area contributed by atoms with Crippen LogP contribution in [0.2, 0.25) is 0 Å². The lowest BCUT2D eigenvalue weighted by molar-refractivity contribution is -0.117. The van der Waals surface area contributed by atoms with Crippen LogP contribution in [0.5, 0.6) is 0 Å². The molecule has 1 aromatic rings. The molecule has 1 heterocycles. The van der Waals surface area contributed by atoms with Crippen molar-refractivity contribution in [2.24, 2.45) is 0 Å². The number of Topliss-reactive ketones (excluding diaryl/α,β-unsaturated/α-hetero) is 1. The van der Waals surface area contributed by atoms with Crippen LogP contribution in [0, 0.1) is 13.8 Å². The fourth-order valence-corrected chi connectivity index (χ4v) is 1.60. The maximum atomic E-state index is 11.0. The summed E-state index contributed by atoms with van der Waals surface area (Å²) in [6, 6.07) is 2.05. The molecule has 1 aromatic heterocycles. The zero-order chi connectivity index (χ0) is 10.7. The zero-order valence-corrected chi connectivity index (χ0v) is 9.39. The van der Waals surface area contributed by atoms with Crippen LogP contribution in [0.4, 0.5) is 0 Å². The fourth-order valence-electron chi connectivity index (χ4n) is 1.60. The van der Waals surface area contributed by atoms with Crippen molar-refractivity contribution in [3.8, 4) is 0 Å². The van der Waals surface area contributed by atoms with E-state index in [0.29, 0.717) is 6.42 Å². The van der Waals surface area contributed by atoms with E-state index in [9.17, 15) is 4.79 Å². The van der Waals surface area contributed by atoms with Crippen molar-refractivity contribution in [3.63, 3.8) is 0 Å². The second kappa shape index (κ2) is 4.45. The van der Waals surface area contributed by atoms with Gasteiger partial charge < -0.3 is 9.21 Å². The number of hydrogen-bond donors (Lipinski definition) is 0. The van der Waals surface area contributed by atoms with Gasteiger partial charge in [-0.15, -0.1) is 0 Å². The van der Waals surface area contributed by atoms with Gasteiger partial charge in [0.25, 0.3) is 0 Å². The fraction of sp³-hybridized carbons (Fsp3) is 0.583. The lowest BCUT2D eigenvalue weighted by Crippen LogP contribution is -2.01. The molecule has 2 nitrogen and oxygen atoms in total. The van der Waals surface area contributed by atoms with Crippen LogP contribution in [0.1, 0.15) is 49.7 Å². The van der Waals surface area contributed by atoms with E-state index in [4.69, 9.17) is 4.42 Å². The van der Waals surface area contributed by atoms with Gasteiger partial charge in [-0.05, 0) is 38.8 Å². The molecule has 0 bridgehead atoms. The highest BCUT2D eigenvalue weighted by molar-refractivity contribution is 5.76. The summed E-state index contributed by atoms with van der Waals surface area (Å²) in [5.41, 5.74) is 1.17. The third kappa shape index (κ3) is 2.47. The Morgan fingerprint density at radius 3 is 2.50 bits per heavy atom. The number of carbonyl (C=O) groups excluding carboxylic acids is 1. The van der Waals surface area contributed by atoms with E-state index in [1.165, 1.54) is 5.56 Å². The minimum atomic E-state index is 0.226. The van der Waals surface area contributed by atoms with Gasteiger partial charge in [0.1, 0.15) is 17.3 Å². The van der Waals surface area contributed by atoms with Crippen LogP contribution in [-0.2, 0) is 4.79 Å². The van der Waals surface area contributed by atoms with E-state index in [1.54, 1.807) is 6.92 Å². The first-order valence-electron chi connectivity index (χ1n) is 5.11.